The minimum absolute atomic E-state index is 0.755. The third kappa shape index (κ3) is 3.95. The van der Waals surface area contributed by atoms with E-state index in [0.29, 0.717) is 0 Å². The third-order valence-electron chi connectivity index (χ3n) is 2.81. The van der Waals surface area contributed by atoms with E-state index in [0.717, 1.165) is 36.8 Å². The number of rotatable bonds is 6. The predicted octanol–water partition coefficient (Wildman–Crippen LogP) is 2.93. The van der Waals surface area contributed by atoms with Gasteiger partial charge < -0.3 is 10.2 Å². The Kier molecular flexibility index (Phi) is 4.72. The molecule has 0 unspecified atom stereocenters. The van der Waals surface area contributed by atoms with E-state index in [1.54, 1.807) is 0 Å². The van der Waals surface area contributed by atoms with Crippen molar-refractivity contribution in [2.75, 3.05) is 23.8 Å². The van der Waals surface area contributed by atoms with E-state index in [-0.39, 0.29) is 0 Å². The molecule has 0 amide bonds. The average molecular weight is 256 g/mol. The summed E-state index contributed by atoms with van der Waals surface area (Å²) in [5, 5.41) is 3.30. The van der Waals surface area contributed by atoms with Gasteiger partial charge in [-0.1, -0.05) is 19.1 Å². The van der Waals surface area contributed by atoms with Crippen molar-refractivity contribution in [3.05, 3.63) is 48.3 Å². The van der Waals surface area contributed by atoms with Gasteiger partial charge in [-0.25, -0.2) is 4.98 Å². The second kappa shape index (κ2) is 6.73. The maximum Gasteiger partial charge on any atom is 0.131 e. The minimum Gasteiger partial charge on any atom is -0.370 e. The average Bonchev–Trinajstić information content (AvgIpc) is 2.46. The molecule has 4 nitrogen and oxygen atoms in total. The van der Waals surface area contributed by atoms with Gasteiger partial charge in [-0.3, -0.25) is 4.98 Å². The summed E-state index contributed by atoms with van der Waals surface area (Å²) < 4.78 is 0. The van der Waals surface area contributed by atoms with E-state index >= 15 is 0 Å². The molecule has 2 rings (SSSR count). The summed E-state index contributed by atoms with van der Waals surface area (Å²) in [6.45, 7) is 3.84. The van der Waals surface area contributed by atoms with Crippen LogP contribution < -0.4 is 10.2 Å². The number of nitrogens with zero attached hydrogens (tertiary/aromatic N) is 3. The molecule has 0 atom stereocenters. The number of hydrogen-bond donors (Lipinski definition) is 1. The highest BCUT2D eigenvalue weighted by atomic mass is 15.2. The van der Waals surface area contributed by atoms with Crippen molar-refractivity contribution in [1.29, 1.82) is 0 Å². The van der Waals surface area contributed by atoms with Crippen LogP contribution in [0.1, 0.15) is 19.0 Å². The van der Waals surface area contributed by atoms with Crippen LogP contribution in [0.15, 0.2) is 42.6 Å². The summed E-state index contributed by atoms with van der Waals surface area (Å²) in [4.78, 5) is 11.0. The van der Waals surface area contributed by atoms with Gasteiger partial charge in [0, 0.05) is 19.8 Å². The maximum absolute atomic E-state index is 4.59. The molecule has 0 aromatic carbocycles. The molecule has 0 bridgehead atoms. The van der Waals surface area contributed by atoms with Gasteiger partial charge in [0.05, 0.1) is 12.2 Å². The third-order valence-corrected chi connectivity index (χ3v) is 2.81. The summed E-state index contributed by atoms with van der Waals surface area (Å²) in [5.74, 6) is 1.87. The van der Waals surface area contributed by atoms with E-state index in [1.807, 2.05) is 49.6 Å². The molecule has 4 heteroatoms. The first-order valence-corrected chi connectivity index (χ1v) is 6.61. The first-order chi connectivity index (χ1) is 9.29. The zero-order valence-corrected chi connectivity index (χ0v) is 11.5. The lowest BCUT2D eigenvalue weighted by Gasteiger charge is -2.18. The molecular weight excluding hydrogens is 236 g/mol. The van der Waals surface area contributed by atoms with Gasteiger partial charge in [0.2, 0.25) is 0 Å². The normalized spacial score (nSPS) is 10.2. The largest absolute Gasteiger partial charge is 0.370 e. The Balaban J connectivity index is 2.04. The molecular formula is C15H20N4. The van der Waals surface area contributed by atoms with E-state index in [1.165, 1.54) is 0 Å². The van der Waals surface area contributed by atoms with Crippen LogP contribution in [0.3, 0.4) is 0 Å². The summed E-state index contributed by atoms with van der Waals surface area (Å²) in [6, 6.07) is 12.0. The molecule has 1 N–H and O–H groups in total. The Hall–Kier alpha value is -2.10. The number of pyridine rings is 2. The minimum atomic E-state index is 0.755. The molecule has 19 heavy (non-hydrogen) atoms. The van der Waals surface area contributed by atoms with Gasteiger partial charge in [-0.15, -0.1) is 0 Å². The number of anilines is 2. The van der Waals surface area contributed by atoms with Crippen molar-refractivity contribution in [3.63, 3.8) is 0 Å². The lowest BCUT2D eigenvalue weighted by molar-refractivity contribution is 0.864. The SMILES string of the molecule is CCCNc1cccc(N(C)Cc2ccccn2)n1. The summed E-state index contributed by atoms with van der Waals surface area (Å²) in [7, 11) is 2.03. The quantitative estimate of drug-likeness (QED) is 0.862. The van der Waals surface area contributed by atoms with Crippen molar-refractivity contribution in [2.45, 2.75) is 19.9 Å². The van der Waals surface area contributed by atoms with Gasteiger partial charge in [0.1, 0.15) is 11.6 Å². The zero-order valence-electron chi connectivity index (χ0n) is 11.5. The van der Waals surface area contributed by atoms with Crippen LogP contribution in [-0.4, -0.2) is 23.6 Å². The maximum atomic E-state index is 4.59. The molecule has 0 aliphatic carbocycles. The molecule has 2 heterocycles. The van der Waals surface area contributed by atoms with Gasteiger partial charge in [0.15, 0.2) is 0 Å². The first kappa shape index (κ1) is 13.3. The number of nitrogens with one attached hydrogen (secondary N) is 1. The smallest absolute Gasteiger partial charge is 0.131 e. The second-order valence-electron chi connectivity index (χ2n) is 4.48. The highest BCUT2D eigenvalue weighted by Crippen LogP contribution is 2.14. The highest BCUT2D eigenvalue weighted by molar-refractivity contribution is 5.46. The Labute approximate surface area is 114 Å². The van der Waals surface area contributed by atoms with Crippen LogP contribution in [-0.2, 0) is 6.54 Å². The molecule has 0 saturated carbocycles. The van der Waals surface area contributed by atoms with Crippen LogP contribution in [0.5, 0.6) is 0 Å². The number of hydrogen-bond acceptors (Lipinski definition) is 4. The molecule has 0 radical (unpaired) electrons. The Morgan fingerprint density at radius 2 is 2.05 bits per heavy atom. The van der Waals surface area contributed by atoms with E-state index in [4.69, 9.17) is 0 Å². The lowest BCUT2D eigenvalue weighted by Crippen LogP contribution is -2.18. The fourth-order valence-corrected chi connectivity index (χ4v) is 1.80. The van der Waals surface area contributed by atoms with Crippen LogP contribution in [0.2, 0.25) is 0 Å². The molecule has 2 aromatic heterocycles. The molecule has 100 valence electrons. The van der Waals surface area contributed by atoms with Gasteiger partial charge >= 0.3 is 0 Å². The molecule has 0 spiro atoms. The highest BCUT2D eigenvalue weighted by Gasteiger charge is 2.04. The number of aromatic nitrogens is 2. The van der Waals surface area contributed by atoms with Crippen LogP contribution >= 0.6 is 0 Å². The molecule has 0 fully saturated rings. The zero-order chi connectivity index (χ0) is 13.5. The Morgan fingerprint density at radius 1 is 1.16 bits per heavy atom. The summed E-state index contributed by atoms with van der Waals surface area (Å²) in [6.07, 6.45) is 2.91. The molecule has 0 aliphatic heterocycles. The van der Waals surface area contributed by atoms with Crippen molar-refractivity contribution in [1.82, 2.24) is 9.97 Å². The van der Waals surface area contributed by atoms with Crippen molar-refractivity contribution in [3.8, 4) is 0 Å². The Bertz CT molecular complexity index is 499. The topological polar surface area (TPSA) is 41.0 Å². The fraction of sp³-hybridized carbons (Fsp3) is 0.333. The molecule has 2 aromatic rings. The van der Waals surface area contributed by atoms with Crippen molar-refractivity contribution < 1.29 is 0 Å². The first-order valence-electron chi connectivity index (χ1n) is 6.61. The van der Waals surface area contributed by atoms with E-state index in [2.05, 4.69) is 27.1 Å². The van der Waals surface area contributed by atoms with Crippen LogP contribution in [0, 0.1) is 0 Å². The summed E-state index contributed by atoms with van der Waals surface area (Å²) >= 11 is 0. The van der Waals surface area contributed by atoms with Crippen molar-refractivity contribution in [2.24, 2.45) is 0 Å². The van der Waals surface area contributed by atoms with Crippen LogP contribution in [0.4, 0.5) is 11.6 Å². The second-order valence-corrected chi connectivity index (χ2v) is 4.48. The molecule has 0 saturated heterocycles. The van der Waals surface area contributed by atoms with Gasteiger partial charge in [-0.2, -0.15) is 0 Å². The van der Waals surface area contributed by atoms with E-state index in [9.17, 15) is 0 Å². The van der Waals surface area contributed by atoms with Crippen molar-refractivity contribution >= 4 is 11.6 Å². The Morgan fingerprint density at radius 3 is 2.79 bits per heavy atom. The summed E-state index contributed by atoms with van der Waals surface area (Å²) in [5.41, 5.74) is 1.04. The van der Waals surface area contributed by atoms with E-state index < -0.39 is 0 Å². The monoisotopic (exact) mass is 256 g/mol. The predicted molar refractivity (Wildman–Crippen MR) is 79.4 cm³/mol. The van der Waals surface area contributed by atoms with Crippen LogP contribution in [0.25, 0.3) is 0 Å². The van der Waals surface area contributed by atoms with Gasteiger partial charge in [-0.05, 0) is 30.7 Å². The standard InChI is InChI=1S/C15H20N4/c1-3-10-17-14-8-6-9-15(18-14)19(2)12-13-7-4-5-11-16-13/h4-9,11H,3,10,12H2,1-2H3,(H,17,18). The molecule has 0 aliphatic rings. The fourth-order valence-electron chi connectivity index (χ4n) is 1.80. The lowest BCUT2D eigenvalue weighted by atomic mass is 10.3. The van der Waals surface area contributed by atoms with Gasteiger partial charge in [0.25, 0.3) is 0 Å².